The summed E-state index contributed by atoms with van der Waals surface area (Å²) in [6.45, 7) is 1.87. The van der Waals surface area contributed by atoms with Gasteiger partial charge < -0.3 is 0 Å². The van der Waals surface area contributed by atoms with Crippen molar-refractivity contribution in [2.24, 2.45) is 0 Å². The van der Waals surface area contributed by atoms with E-state index in [-0.39, 0.29) is 17.6 Å². The van der Waals surface area contributed by atoms with E-state index in [1.807, 2.05) is 41.8 Å². The Hall–Kier alpha value is -2.39. The van der Waals surface area contributed by atoms with Crippen molar-refractivity contribution in [3.8, 4) is 0 Å². The summed E-state index contributed by atoms with van der Waals surface area (Å²) in [7, 11) is -3.33. The minimum absolute atomic E-state index is 0.0269. The summed E-state index contributed by atoms with van der Waals surface area (Å²) in [6.07, 6.45) is 3.67. The van der Waals surface area contributed by atoms with E-state index in [4.69, 9.17) is 0 Å². The number of hydrogen-bond acceptors (Lipinski definition) is 6. The van der Waals surface area contributed by atoms with Gasteiger partial charge in [-0.3, -0.25) is 13.5 Å². The van der Waals surface area contributed by atoms with Crippen LogP contribution in [0.3, 0.4) is 0 Å². The van der Waals surface area contributed by atoms with Crippen LogP contribution in [-0.4, -0.2) is 46.8 Å². The van der Waals surface area contributed by atoms with Crippen LogP contribution in [0.4, 0.5) is 5.69 Å². The van der Waals surface area contributed by atoms with Gasteiger partial charge >= 0.3 is 0 Å². The lowest BCUT2D eigenvalue weighted by atomic mass is 10.0. The lowest BCUT2D eigenvalue weighted by Crippen LogP contribution is -2.34. The molecule has 1 aliphatic heterocycles. The maximum atomic E-state index is 12.6. The molecule has 0 unspecified atom stereocenters. The molecule has 140 valence electrons. The lowest BCUT2D eigenvalue weighted by molar-refractivity contribution is 0.102. The van der Waals surface area contributed by atoms with Crippen LogP contribution in [0.5, 0.6) is 0 Å². The van der Waals surface area contributed by atoms with E-state index in [0.717, 1.165) is 11.2 Å². The molecular weight excluding hydrogens is 384 g/mol. The third kappa shape index (κ3) is 3.32. The molecule has 0 fully saturated rings. The average Bonchev–Trinajstić information content (AvgIpc) is 3.18. The number of benzene rings is 1. The third-order valence-electron chi connectivity index (χ3n) is 4.53. The highest BCUT2D eigenvalue weighted by molar-refractivity contribution is 7.99. The maximum absolute atomic E-state index is 12.6. The number of Topliss-reactive ketones (excluding diaryl/α,β-unsaturated/α-hetero) is 1. The maximum Gasteiger partial charge on any atom is 0.232 e. The summed E-state index contributed by atoms with van der Waals surface area (Å²) in [4.78, 5) is 12.6. The van der Waals surface area contributed by atoms with E-state index < -0.39 is 10.0 Å². The zero-order chi connectivity index (χ0) is 19.2. The number of nitrogens with zero attached hydrogens (tertiary/aromatic N) is 4. The van der Waals surface area contributed by atoms with Gasteiger partial charge in [-0.25, -0.2) is 8.42 Å². The molecule has 0 spiro atoms. The Labute approximate surface area is 161 Å². The van der Waals surface area contributed by atoms with Crippen LogP contribution in [0.15, 0.2) is 47.8 Å². The zero-order valence-corrected chi connectivity index (χ0v) is 16.5. The van der Waals surface area contributed by atoms with Crippen LogP contribution in [-0.2, 0) is 16.4 Å². The number of carbonyl (C=O) groups excluding carboxylic acids is 1. The number of fused-ring (bicyclic) bond motifs is 2. The van der Waals surface area contributed by atoms with Crippen molar-refractivity contribution in [2.75, 3.05) is 16.3 Å². The van der Waals surface area contributed by atoms with Gasteiger partial charge in [-0.1, -0.05) is 17.8 Å². The van der Waals surface area contributed by atoms with E-state index in [1.165, 1.54) is 22.3 Å². The quantitative estimate of drug-likeness (QED) is 0.481. The van der Waals surface area contributed by atoms with E-state index in [9.17, 15) is 13.2 Å². The Morgan fingerprint density at radius 1 is 1.26 bits per heavy atom. The third-order valence-corrected chi connectivity index (χ3v) is 6.74. The predicted molar refractivity (Wildman–Crippen MR) is 105 cm³/mol. The number of hydrogen-bond donors (Lipinski definition) is 0. The second-order valence-corrected chi connectivity index (χ2v) is 9.38. The summed E-state index contributed by atoms with van der Waals surface area (Å²) >= 11 is 1.33. The Morgan fingerprint density at radius 2 is 2.07 bits per heavy atom. The van der Waals surface area contributed by atoms with E-state index in [1.54, 1.807) is 12.1 Å². The molecule has 0 radical (unpaired) electrons. The monoisotopic (exact) mass is 402 g/mol. The first-order chi connectivity index (χ1) is 12.8. The van der Waals surface area contributed by atoms with Crippen LogP contribution in [0.25, 0.3) is 5.65 Å². The van der Waals surface area contributed by atoms with Crippen molar-refractivity contribution >= 4 is 38.9 Å². The van der Waals surface area contributed by atoms with Crippen LogP contribution < -0.4 is 4.31 Å². The second kappa shape index (κ2) is 6.65. The number of anilines is 1. The number of aromatic nitrogens is 3. The smallest absolute Gasteiger partial charge is 0.232 e. The van der Waals surface area contributed by atoms with Crippen LogP contribution >= 0.6 is 11.8 Å². The van der Waals surface area contributed by atoms with E-state index >= 15 is 0 Å². The molecule has 0 amide bonds. The number of carbonyl (C=O) groups is 1. The fourth-order valence-corrected chi connectivity index (χ4v) is 5.50. The van der Waals surface area contributed by atoms with Gasteiger partial charge in [-0.05, 0) is 49.2 Å². The van der Waals surface area contributed by atoms with Crippen LogP contribution in [0.1, 0.15) is 22.8 Å². The number of ketones is 1. The number of rotatable bonds is 5. The second-order valence-electron chi connectivity index (χ2n) is 6.58. The minimum Gasteiger partial charge on any atom is -0.293 e. The van der Waals surface area contributed by atoms with Gasteiger partial charge in [-0.15, -0.1) is 10.2 Å². The standard InChI is InChI=1S/C18H18N4O3S2/c1-12-9-14-10-13(6-7-15(14)22(12)27(2,24)25)16(23)11-26-18-20-19-17-5-3-4-8-21(17)18/h3-8,10,12H,9,11H2,1-2H3/t12-/m1/s1. The van der Waals surface area contributed by atoms with Gasteiger partial charge in [0, 0.05) is 17.8 Å². The fraction of sp³-hybridized carbons (Fsp3) is 0.278. The summed E-state index contributed by atoms with van der Waals surface area (Å²) < 4.78 is 27.3. The van der Waals surface area contributed by atoms with Gasteiger partial charge in [0.25, 0.3) is 0 Å². The zero-order valence-electron chi connectivity index (χ0n) is 14.9. The molecule has 3 aromatic rings. The molecule has 9 heteroatoms. The topological polar surface area (TPSA) is 84.6 Å². The Bertz CT molecular complexity index is 1140. The molecule has 27 heavy (non-hydrogen) atoms. The highest BCUT2D eigenvalue weighted by atomic mass is 32.2. The number of thioether (sulfide) groups is 1. The predicted octanol–water partition coefficient (Wildman–Crippen LogP) is 2.41. The Morgan fingerprint density at radius 3 is 2.85 bits per heavy atom. The summed E-state index contributed by atoms with van der Waals surface area (Å²) in [5.74, 6) is 0.209. The molecule has 0 N–H and O–H groups in total. The van der Waals surface area contributed by atoms with Gasteiger partial charge in [0.05, 0.1) is 17.7 Å². The van der Waals surface area contributed by atoms with Crippen molar-refractivity contribution in [3.05, 3.63) is 53.7 Å². The summed E-state index contributed by atoms with van der Waals surface area (Å²) in [6, 6.07) is 10.7. The van der Waals surface area contributed by atoms with Crippen LogP contribution in [0.2, 0.25) is 0 Å². The average molecular weight is 403 g/mol. The molecule has 1 aromatic carbocycles. The molecule has 0 saturated heterocycles. The van der Waals surface area contributed by atoms with Crippen molar-refractivity contribution in [2.45, 2.75) is 24.5 Å². The van der Waals surface area contributed by atoms with E-state index in [2.05, 4.69) is 10.2 Å². The largest absolute Gasteiger partial charge is 0.293 e. The molecule has 1 atom stereocenters. The molecule has 1 aliphatic rings. The Balaban J connectivity index is 1.53. The highest BCUT2D eigenvalue weighted by Gasteiger charge is 2.32. The normalized spacial score (nSPS) is 16.7. The summed E-state index contributed by atoms with van der Waals surface area (Å²) in [5, 5.41) is 8.85. The van der Waals surface area contributed by atoms with Crippen molar-refractivity contribution in [3.63, 3.8) is 0 Å². The van der Waals surface area contributed by atoms with Crippen molar-refractivity contribution < 1.29 is 13.2 Å². The number of sulfonamides is 1. The fourth-order valence-electron chi connectivity index (χ4n) is 3.41. The first-order valence-electron chi connectivity index (χ1n) is 8.42. The van der Waals surface area contributed by atoms with Crippen LogP contribution in [0, 0.1) is 0 Å². The SMILES string of the molecule is C[C@@H]1Cc2cc(C(=O)CSc3nnc4ccccn34)ccc2N1S(C)(=O)=O. The minimum atomic E-state index is -3.33. The van der Waals surface area contributed by atoms with Crippen molar-refractivity contribution in [1.29, 1.82) is 0 Å². The summed E-state index contributed by atoms with van der Waals surface area (Å²) in [5.41, 5.74) is 2.87. The highest BCUT2D eigenvalue weighted by Crippen LogP contribution is 2.35. The first-order valence-corrected chi connectivity index (χ1v) is 11.3. The van der Waals surface area contributed by atoms with Crippen molar-refractivity contribution in [1.82, 2.24) is 14.6 Å². The molecule has 0 aliphatic carbocycles. The molecular formula is C18H18N4O3S2. The van der Waals surface area contributed by atoms with Gasteiger partial charge in [-0.2, -0.15) is 0 Å². The molecule has 2 aromatic heterocycles. The Kier molecular flexibility index (Phi) is 4.43. The molecule has 3 heterocycles. The molecule has 4 rings (SSSR count). The van der Waals surface area contributed by atoms with Gasteiger partial charge in [0.2, 0.25) is 10.0 Å². The molecule has 7 nitrogen and oxygen atoms in total. The number of pyridine rings is 1. The molecule has 0 saturated carbocycles. The molecule has 0 bridgehead atoms. The first kappa shape index (κ1) is 18.0. The lowest BCUT2D eigenvalue weighted by Gasteiger charge is -2.21. The van der Waals surface area contributed by atoms with Gasteiger partial charge in [0.1, 0.15) is 0 Å². The van der Waals surface area contributed by atoms with Gasteiger partial charge in [0.15, 0.2) is 16.6 Å². The van der Waals surface area contributed by atoms with E-state index in [0.29, 0.717) is 22.8 Å².